The van der Waals surface area contributed by atoms with Crippen molar-refractivity contribution >= 4 is 38.8 Å². The normalized spacial score (nSPS) is 18.3. The minimum atomic E-state index is -0.0106. The van der Waals surface area contributed by atoms with Crippen LogP contribution in [0, 0.1) is 5.92 Å². The van der Waals surface area contributed by atoms with Gasteiger partial charge in [-0.25, -0.2) is 4.98 Å². The van der Waals surface area contributed by atoms with Crippen molar-refractivity contribution < 1.29 is 14.7 Å². The number of hydrogen-bond donors (Lipinski definition) is 1. The van der Waals surface area contributed by atoms with Crippen LogP contribution in [0.1, 0.15) is 30.1 Å². The number of hydrogen-bond acceptors (Lipinski definition) is 6. The second kappa shape index (κ2) is 5.44. The summed E-state index contributed by atoms with van der Waals surface area (Å²) in [6.45, 7) is 3.36. The Balaban J connectivity index is 1.85. The first kappa shape index (κ1) is 14.0. The predicted octanol–water partition coefficient (Wildman–Crippen LogP) is 2.62. The Morgan fingerprint density at radius 3 is 3.10 bits per heavy atom. The number of thiazole rings is 1. The van der Waals surface area contributed by atoms with Gasteiger partial charge in [0.2, 0.25) is 0 Å². The molecule has 2 heterocycles. The third kappa shape index (κ3) is 2.76. The fourth-order valence-corrected chi connectivity index (χ4v) is 3.79. The lowest BCUT2D eigenvalue weighted by molar-refractivity contribution is -0.117. The summed E-state index contributed by atoms with van der Waals surface area (Å²) in [6, 6.07) is 3.20. The minimum absolute atomic E-state index is 0.0106. The van der Waals surface area contributed by atoms with Crippen molar-refractivity contribution in [1.82, 2.24) is 4.98 Å². The Hall–Kier alpha value is -1.95. The summed E-state index contributed by atoms with van der Waals surface area (Å²) in [7, 11) is 0. The van der Waals surface area contributed by atoms with Crippen molar-refractivity contribution in [3.8, 4) is 5.75 Å². The van der Waals surface area contributed by atoms with Crippen molar-refractivity contribution in [2.24, 2.45) is 5.92 Å². The molecule has 0 radical (unpaired) electrons. The van der Waals surface area contributed by atoms with E-state index in [-0.39, 0.29) is 17.1 Å². The second-order valence-corrected chi connectivity index (χ2v) is 6.51. The van der Waals surface area contributed by atoms with Crippen LogP contribution in [0.3, 0.4) is 0 Å². The number of Topliss-reactive ketones (excluding diaryl/α,β-unsaturated/α-hetero) is 1. The molecule has 0 bridgehead atoms. The minimum Gasteiger partial charge on any atom is -0.507 e. The van der Waals surface area contributed by atoms with Crippen molar-refractivity contribution in [3.05, 3.63) is 17.7 Å². The van der Waals surface area contributed by atoms with Crippen LogP contribution >= 0.6 is 11.3 Å². The number of aromatic hydroxyl groups is 1. The van der Waals surface area contributed by atoms with E-state index in [0.717, 1.165) is 34.9 Å². The zero-order valence-electron chi connectivity index (χ0n) is 11.7. The van der Waals surface area contributed by atoms with Crippen LogP contribution in [0.15, 0.2) is 12.1 Å². The molecule has 1 unspecified atom stereocenters. The van der Waals surface area contributed by atoms with E-state index in [1.54, 1.807) is 19.1 Å². The number of ketones is 1. The van der Waals surface area contributed by atoms with Crippen LogP contribution in [0.25, 0.3) is 10.2 Å². The Morgan fingerprint density at radius 1 is 1.57 bits per heavy atom. The van der Waals surface area contributed by atoms with Gasteiger partial charge in [0.1, 0.15) is 11.5 Å². The highest BCUT2D eigenvalue weighted by atomic mass is 32.1. The lowest BCUT2D eigenvalue weighted by atomic mass is 10.0. The summed E-state index contributed by atoms with van der Waals surface area (Å²) < 4.78 is 0.864. The quantitative estimate of drug-likeness (QED) is 0.879. The van der Waals surface area contributed by atoms with Crippen molar-refractivity contribution in [2.45, 2.75) is 19.8 Å². The molecule has 1 atom stereocenters. The number of carbonyl (C=O) groups excluding carboxylic acids is 2. The highest BCUT2D eigenvalue weighted by Gasteiger charge is 2.25. The predicted molar refractivity (Wildman–Crippen MR) is 82.3 cm³/mol. The number of rotatable bonds is 4. The largest absolute Gasteiger partial charge is 0.507 e. The standard InChI is InChI=1S/C15H16N2O3S/c1-9(19)4-10-2-3-17(7-10)15-16-12-5-11(8-18)13(20)6-14(12)21-15/h5-6,8,10,20H,2-4,7H2,1H3. The number of nitrogens with zero attached hydrogens (tertiary/aromatic N) is 2. The first-order valence-corrected chi connectivity index (χ1v) is 7.71. The Morgan fingerprint density at radius 2 is 2.38 bits per heavy atom. The summed E-state index contributed by atoms with van der Waals surface area (Å²) in [5.74, 6) is 0.615. The SMILES string of the molecule is CC(=O)CC1CCN(c2nc3cc(C=O)c(O)cc3s2)C1. The molecular weight excluding hydrogens is 288 g/mol. The lowest BCUT2D eigenvalue weighted by Gasteiger charge is -2.14. The molecule has 0 aliphatic carbocycles. The molecular formula is C15H16N2O3S. The van der Waals surface area contributed by atoms with Gasteiger partial charge in [0, 0.05) is 25.6 Å². The number of aldehydes is 1. The summed E-state index contributed by atoms with van der Waals surface area (Å²) in [5, 5.41) is 10.6. The molecule has 21 heavy (non-hydrogen) atoms. The van der Waals surface area contributed by atoms with Gasteiger partial charge in [-0.05, 0) is 25.3 Å². The number of aromatic nitrogens is 1. The summed E-state index contributed by atoms with van der Waals surface area (Å²) in [4.78, 5) is 28.8. The molecule has 0 spiro atoms. The van der Waals surface area contributed by atoms with E-state index in [0.29, 0.717) is 18.6 Å². The van der Waals surface area contributed by atoms with Gasteiger partial charge in [-0.2, -0.15) is 0 Å². The fraction of sp³-hybridized carbons (Fsp3) is 0.400. The molecule has 1 aromatic carbocycles. The third-order valence-electron chi connectivity index (χ3n) is 3.79. The van der Waals surface area contributed by atoms with Crippen LogP contribution in [0.5, 0.6) is 5.75 Å². The molecule has 6 heteroatoms. The van der Waals surface area contributed by atoms with Crippen LogP contribution in [0.4, 0.5) is 5.13 Å². The molecule has 3 rings (SSSR count). The molecule has 110 valence electrons. The maximum atomic E-state index is 11.2. The van der Waals surface area contributed by atoms with Gasteiger partial charge >= 0.3 is 0 Å². The molecule has 1 aromatic heterocycles. The molecule has 1 saturated heterocycles. The van der Waals surface area contributed by atoms with Crippen LogP contribution in [0.2, 0.25) is 0 Å². The van der Waals surface area contributed by atoms with Gasteiger partial charge in [-0.3, -0.25) is 4.79 Å². The zero-order chi connectivity index (χ0) is 15.0. The van der Waals surface area contributed by atoms with Gasteiger partial charge in [0.15, 0.2) is 11.4 Å². The van der Waals surface area contributed by atoms with Crippen molar-refractivity contribution in [2.75, 3.05) is 18.0 Å². The lowest BCUT2D eigenvalue weighted by Crippen LogP contribution is -2.19. The van der Waals surface area contributed by atoms with Crippen molar-refractivity contribution in [3.63, 3.8) is 0 Å². The van der Waals surface area contributed by atoms with E-state index in [1.807, 2.05) is 0 Å². The van der Waals surface area contributed by atoms with Crippen molar-refractivity contribution in [1.29, 1.82) is 0 Å². The van der Waals surface area contributed by atoms with E-state index < -0.39 is 0 Å². The number of carbonyl (C=O) groups is 2. The summed E-state index contributed by atoms with van der Waals surface area (Å²) in [6.07, 6.45) is 2.25. The van der Waals surface area contributed by atoms with Gasteiger partial charge in [-0.1, -0.05) is 11.3 Å². The van der Waals surface area contributed by atoms with Gasteiger partial charge in [0.25, 0.3) is 0 Å². The van der Waals surface area contributed by atoms with Gasteiger partial charge in [-0.15, -0.1) is 0 Å². The average molecular weight is 304 g/mol. The third-order valence-corrected chi connectivity index (χ3v) is 4.86. The average Bonchev–Trinajstić information content (AvgIpc) is 3.03. The first-order chi connectivity index (χ1) is 10.1. The van der Waals surface area contributed by atoms with Gasteiger partial charge in [0.05, 0.1) is 15.8 Å². The Labute approximate surface area is 126 Å². The number of benzene rings is 1. The number of anilines is 1. The zero-order valence-corrected chi connectivity index (χ0v) is 12.5. The fourth-order valence-electron chi connectivity index (χ4n) is 2.78. The first-order valence-electron chi connectivity index (χ1n) is 6.90. The maximum absolute atomic E-state index is 11.2. The molecule has 0 saturated carbocycles. The van der Waals surface area contributed by atoms with Gasteiger partial charge < -0.3 is 14.8 Å². The topological polar surface area (TPSA) is 70.5 Å². The molecule has 1 N–H and O–H groups in total. The van der Waals surface area contributed by atoms with E-state index in [9.17, 15) is 14.7 Å². The second-order valence-electron chi connectivity index (χ2n) is 5.50. The summed E-state index contributed by atoms with van der Waals surface area (Å²) in [5.41, 5.74) is 0.986. The van der Waals surface area contributed by atoms with Crippen LogP contribution in [-0.2, 0) is 4.79 Å². The van der Waals surface area contributed by atoms with E-state index >= 15 is 0 Å². The molecule has 5 nitrogen and oxygen atoms in total. The molecule has 1 fully saturated rings. The Kier molecular flexibility index (Phi) is 3.63. The van der Waals surface area contributed by atoms with Crippen LogP contribution < -0.4 is 4.90 Å². The van der Waals surface area contributed by atoms with E-state index in [1.165, 1.54) is 11.3 Å². The maximum Gasteiger partial charge on any atom is 0.186 e. The van der Waals surface area contributed by atoms with E-state index in [4.69, 9.17) is 0 Å². The molecule has 1 aliphatic rings. The molecule has 1 aliphatic heterocycles. The van der Waals surface area contributed by atoms with E-state index in [2.05, 4.69) is 9.88 Å². The smallest absolute Gasteiger partial charge is 0.186 e. The monoisotopic (exact) mass is 304 g/mol. The Bertz CT molecular complexity index is 710. The highest BCUT2D eigenvalue weighted by Crippen LogP contribution is 2.35. The summed E-state index contributed by atoms with van der Waals surface area (Å²) >= 11 is 1.50. The number of fused-ring (bicyclic) bond motifs is 1. The number of phenolic OH excluding ortho intramolecular Hbond substituents is 1. The molecule has 2 aromatic rings. The highest BCUT2D eigenvalue weighted by molar-refractivity contribution is 7.22. The van der Waals surface area contributed by atoms with Crippen LogP contribution in [-0.4, -0.2) is 35.2 Å². The molecule has 0 amide bonds. The number of phenols is 1.